The Morgan fingerprint density at radius 3 is 2.52 bits per heavy atom. The van der Waals surface area contributed by atoms with Crippen LogP contribution >= 0.6 is 0 Å². The molecule has 1 atom stereocenters. The number of hydrogen-bond donors (Lipinski definition) is 1. The van der Waals surface area contributed by atoms with Gasteiger partial charge in [0.25, 0.3) is 5.91 Å². The minimum absolute atomic E-state index is 0.148. The van der Waals surface area contributed by atoms with E-state index in [1.807, 2.05) is 17.0 Å². The van der Waals surface area contributed by atoms with Gasteiger partial charge in [-0.15, -0.1) is 0 Å². The number of nitrogens with one attached hydrogen (secondary N) is 1. The highest BCUT2D eigenvalue weighted by molar-refractivity contribution is 5.91. The molecule has 7 heteroatoms. The van der Waals surface area contributed by atoms with Gasteiger partial charge in [0.15, 0.2) is 5.76 Å². The molecule has 1 saturated carbocycles. The summed E-state index contributed by atoms with van der Waals surface area (Å²) >= 11 is 0. The molecular weight excluding hydrogens is 507 g/mol. The quantitative estimate of drug-likeness (QED) is 0.293. The Balaban J connectivity index is 1.15. The topological polar surface area (TPSA) is 71.8 Å². The summed E-state index contributed by atoms with van der Waals surface area (Å²) in [5.74, 6) is 1.09. The van der Waals surface area contributed by atoms with E-state index in [0.717, 1.165) is 36.0 Å². The van der Waals surface area contributed by atoms with E-state index in [-0.39, 0.29) is 48.5 Å². The molecule has 2 aliphatic rings. The maximum atomic E-state index is 13.2. The van der Waals surface area contributed by atoms with Gasteiger partial charge in [-0.05, 0) is 84.8 Å². The van der Waals surface area contributed by atoms with Crippen molar-refractivity contribution in [1.29, 1.82) is 0 Å². The summed E-state index contributed by atoms with van der Waals surface area (Å²) in [6, 6.07) is 23.6. The molecule has 2 amide bonds. The Labute approximate surface area is 232 Å². The monoisotopic (exact) mass is 538 g/mol. The molecule has 1 aliphatic carbocycles. The average molecular weight is 539 g/mol. The predicted octanol–water partition coefficient (Wildman–Crippen LogP) is 6.12. The maximum absolute atomic E-state index is 13.2. The van der Waals surface area contributed by atoms with E-state index < -0.39 is 0 Å². The van der Waals surface area contributed by atoms with Crippen LogP contribution in [0.4, 0.5) is 4.39 Å². The zero-order chi connectivity index (χ0) is 27.6. The first-order valence-electron chi connectivity index (χ1n) is 13.7. The van der Waals surface area contributed by atoms with E-state index in [1.165, 1.54) is 23.3 Å². The second kappa shape index (κ2) is 11.0. The molecule has 6 rings (SSSR count). The SMILES string of the molecule is Cc1ccc([C@@H]2c3cc(OCc4ccc(C(=O)NCc5ccc(F)cc5)o4)ccc3CCN2C(=O)C2CC2)cc1. The van der Waals surface area contributed by atoms with Gasteiger partial charge in [0.05, 0.1) is 6.04 Å². The average Bonchev–Trinajstić information content (AvgIpc) is 3.72. The summed E-state index contributed by atoms with van der Waals surface area (Å²) in [6.07, 6.45) is 2.76. The van der Waals surface area contributed by atoms with E-state index >= 15 is 0 Å². The van der Waals surface area contributed by atoms with Gasteiger partial charge in [0.1, 0.15) is 23.9 Å². The maximum Gasteiger partial charge on any atom is 0.287 e. The molecular formula is C33H31FN2O4. The Morgan fingerprint density at radius 1 is 1.00 bits per heavy atom. The Bertz CT molecular complexity index is 1520. The van der Waals surface area contributed by atoms with Crippen molar-refractivity contribution in [3.8, 4) is 5.75 Å². The first-order chi connectivity index (χ1) is 19.4. The Kier molecular flexibility index (Phi) is 7.11. The summed E-state index contributed by atoms with van der Waals surface area (Å²) in [7, 11) is 0. The number of fused-ring (bicyclic) bond motifs is 1. The summed E-state index contributed by atoms with van der Waals surface area (Å²) in [5, 5.41) is 2.78. The van der Waals surface area contributed by atoms with Crippen LogP contribution in [-0.4, -0.2) is 23.3 Å². The molecule has 0 radical (unpaired) electrons. The van der Waals surface area contributed by atoms with Crippen molar-refractivity contribution in [2.45, 2.75) is 45.4 Å². The van der Waals surface area contributed by atoms with Crippen LogP contribution in [0.3, 0.4) is 0 Å². The number of aryl methyl sites for hydroxylation is 1. The fourth-order valence-electron chi connectivity index (χ4n) is 5.20. The number of halogens is 1. The molecule has 6 nitrogen and oxygen atoms in total. The molecule has 3 aromatic carbocycles. The molecule has 1 N–H and O–H groups in total. The third-order valence-electron chi connectivity index (χ3n) is 7.58. The van der Waals surface area contributed by atoms with E-state index in [0.29, 0.717) is 18.1 Å². The van der Waals surface area contributed by atoms with Gasteiger partial charge in [0, 0.05) is 19.0 Å². The molecule has 1 fully saturated rings. The smallest absolute Gasteiger partial charge is 0.287 e. The van der Waals surface area contributed by atoms with Crippen LogP contribution in [0.5, 0.6) is 5.75 Å². The van der Waals surface area contributed by atoms with Gasteiger partial charge in [-0.1, -0.05) is 48.0 Å². The van der Waals surface area contributed by atoms with Gasteiger partial charge in [-0.25, -0.2) is 4.39 Å². The zero-order valence-electron chi connectivity index (χ0n) is 22.4. The highest BCUT2D eigenvalue weighted by Gasteiger charge is 2.39. The van der Waals surface area contributed by atoms with Crippen molar-refractivity contribution >= 4 is 11.8 Å². The Morgan fingerprint density at radius 2 is 1.77 bits per heavy atom. The van der Waals surface area contributed by atoms with Crippen LogP contribution in [0, 0.1) is 18.7 Å². The number of carbonyl (C=O) groups excluding carboxylic acids is 2. The van der Waals surface area contributed by atoms with E-state index in [9.17, 15) is 14.0 Å². The number of rotatable bonds is 8. The summed E-state index contributed by atoms with van der Waals surface area (Å²) < 4.78 is 24.9. The first-order valence-corrected chi connectivity index (χ1v) is 13.7. The second-order valence-electron chi connectivity index (χ2n) is 10.6. The number of furan rings is 1. The van der Waals surface area contributed by atoms with E-state index in [2.05, 4.69) is 42.6 Å². The summed E-state index contributed by atoms with van der Waals surface area (Å²) in [4.78, 5) is 27.8. The van der Waals surface area contributed by atoms with Crippen molar-refractivity contribution < 1.29 is 23.1 Å². The van der Waals surface area contributed by atoms with Gasteiger partial charge in [0.2, 0.25) is 5.91 Å². The molecule has 204 valence electrons. The fourth-order valence-corrected chi connectivity index (χ4v) is 5.20. The molecule has 0 unspecified atom stereocenters. The standard InChI is InChI=1S/C33H31FN2O4/c1-21-2-6-24(7-3-21)31-29-18-27(13-10-23(29)16-17-36(31)33(38)25-8-9-25)39-20-28-14-15-30(40-28)32(37)35-19-22-4-11-26(34)12-5-22/h2-7,10-15,18,25,31H,8-9,16-17,19-20H2,1H3,(H,35,37)/t31-/m1/s1. The van der Waals surface area contributed by atoms with Gasteiger partial charge in [-0.3, -0.25) is 9.59 Å². The van der Waals surface area contributed by atoms with E-state index in [1.54, 1.807) is 24.3 Å². The lowest BCUT2D eigenvalue weighted by Crippen LogP contribution is -2.41. The van der Waals surface area contributed by atoms with Gasteiger partial charge < -0.3 is 19.4 Å². The lowest BCUT2D eigenvalue weighted by molar-refractivity contribution is -0.134. The van der Waals surface area contributed by atoms with Crippen molar-refractivity contribution in [2.75, 3.05) is 6.54 Å². The normalized spacial score (nSPS) is 16.4. The minimum Gasteiger partial charge on any atom is -0.486 e. The van der Waals surface area contributed by atoms with Crippen LogP contribution in [0.25, 0.3) is 0 Å². The molecule has 40 heavy (non-hydrogen) atoms. The minimum atomic E-state index is -0.356. The van der Waals surface area contributed by atoms with Gasteiger partial charge >= 0.3 is 0 Å². The zero-order valence-corrected chi connectivity index (χ0v) is 22.4. The highest BCUT2D eigenvalue weighted by atomic mass is 19.1. The van der Waals surface area contributed by atoms with Crippen molar-refractivity contribution in [3.63, 3.8) is 0 Å². The van der Waals surface area contributed by atoms with Crippen LogP contribution < -0.4 is 10.1 Å². The largest absolute Gasteiger partial charge is 0.486 e. The number of ether oxygens (including phenoxy) is 1. The molecule has 0 saturated heterocycles. The van der Waals surface area contributed by atoms with Gasteiger partial charge in [-0.2, -0.15) is 0 Å². The third kappa shape index (κ3) is 5.64. The lowest BCUT2D eigenvalue weighted by atomic mass is 9.87. The number of hydrogen-bond acceptors (Lipinski definition) is 4. The van der Waals surface area contributed by atoms with Crippen LogP contribution in [0.2, 0.25) is 0 Å². The second-order valence-corrected chi connectivity index (χ2v) is 10.6. The van der Waals surface area contributed by atoms with Crippen LogP contribution in [0.15, 0.2) is 83.3 Å². The van der Waals surface area contributed by atoms with Crippen molar-refractivity contribution in [3.05, 3.63) is 124 Å². The van der Waals surface area contributed by atoms with Crippen molar-refractivity contribution in [2.24, 2.45) is 5.92 Å². The third-order valence-corrected chi connectivity index (χ3v) is 7.58. The Hall–Kier alpha value is -4.39. The molecule has 1 aliphatic heterocycles. The predicted molar refractivity (Wildman–Crippen MR) is 148 cm³/mol. The lowest BCUT2D eigenvalue weighted by Gasteiger charge is -2.38. The number of carbonyl (C=O) groups is 2. The molecule has 1 aromatic heterocycles. The van der Waals surface area contributed by atoms with Crippen molar-refractivity contribution in [1.82, 2.24) is 10.2 Å². The molecule has 2 heterocycles. The number of nitrogens with zero attached hydrogens (tertiary/aromatic N) is 1. The molecule has 0 bridgehead atoms. The van der Waals surface area contributed by atoms with Crippen LogP contribution in [0.1, 0.15) is 63.0 Å². The fraction of sp³-hybridized carbons (Fsp3) is 0.273. The van der Waals surface area contributed by atoms with E-state index in [4.69, 9.17) is 9.15 Å². The molecule has 0 spiro atoms. The highest BCUT2D eigenvalue weighted by Crippen LogP contribution is 2.41. The summed E-state index contributed by atoms with van der Waals surface area (Å²) in [5.41, 5.74) is 5.37. The number of benzene rings is 3. The first kappa shape index (κ1) is 25.9. The molecule has 4 aromatic rings. The number of amides is 2. The summed E-state index contributed by atoms with van der Waals surface area (Å²) in [6.45, 7) is 3.19. The van der Waals surface area contributed by atoms with Crippen LogP contribution in [-0.2, 0) is 24.4 Å².